The van der Waals surface area contributed by atoms with Crippen molar-refractivity contribution in [2.45, 2.75) is 44.9 Å². The highest BCUT2D eigenvalue weighted by Gasteiger charge is 2.16. The minimum absolute atomic E-state index is 0.152. The maximum absolute atomic E-state index is 9.14. The fraction of sp³-hybridized carbons (Fsp3) is 1.00. The van der Waals surface area contributed by atoms with Crippen molar-refractivity contribution in [3.8, 4) is 0 Å². The van der Waals surface area contributed by atoms with E-state index in [4.69, 9.17) is 10.8 Å². The van der Waals surface area contributed by atoms with Crippen molar-refractivity contribution in [2.24, 2.45) is 11.7 Å². The van der Waals surface area contributed by atoms with E-state index in [-0.39, 0.29) is 17.9 Å². The molecule has 2 nitrogen and oxygen atoms in total. The molecule has 0 aliphatic heterocycles. The van der Waals surface area contributed by atoms with Crippen LogP contribution in [0.25, 0.3) is 0 Å². The zero-order valence-corrected chi connectivity index (χ0v) is 9.81. The van der Waals surface area contributed by atoms with E-state index in [9.17, 15) is 0 Å². The highest BCUT2D eigenvalue weighted by Crippen LogP contribution is 2.18. The molecular formula is C10H23NOS. The van der Waals surface area contributed by atoms with Gasteiger partial charge in [0, 0.05) is 11.3 Å². The normalized spacial score (nSPS) is 16.2. The summed E-state index contributed by atoms with van der Waals surface area (Å²) in [6.07, 6.45) is 2.11. The summed E-state index contributed by atoms with van der Waals surface area (Å²) in [6.45, 7) is 6.71. The minimum atomic E-state index is 0.152. The molecule has 0 aliphatic rings. The number of aliphatic hydroxyl groups excluding tert-OH is 1. The molecule has 0 spiro atoms. The molecule has 0 radical (unpaired) electrons. The summed E-state index contributed by atoms with van der Waals surface area (Å²) in [5.74, 6) is 1.76. The smallest absolute Gasteiger partial charge is 0.0565 e. The first-order chi connectivity index (χ1) is 6.11. The number of thioether (sulfide) groups is 1. The van der Waals surface area contributed by atoms with Gasteiger partial charge >= 0.3 is 0 Å². The molecule has 0 aromatic heterocycles. The standard InChI is InChI=1S/C10H23NOS/c1-4-5-9(11)10(6-12)13-7-8(2)3/h8-10,12H,4-7,11H2,1-3H3. The maximum atomic E-state index is 9.14. The minimum Gasteiger partial charge on any atom is -0.395 e. The number of nitrogens with two attached hydrogens (primary N) is 1. The van der Waals surface area contributed by atoms with Gasteiger partial charge in [0.1, 0.15) is 0 Å². The van der Waals surface area contributed by atoms with Gasteiger partial charge in [-0.15, -0.1) is 0 Å². The van der Waals surface area contributed by atoms with Crippen molar-refractivity contribution < 1.29 is 5.11 Å². The van der Waals surface area contributed by atoms with Crippen molar-refractivity contribution in [1.29, 1.82) is 0 Å². The molecule has 3 N–H and O–H groups in total. The molecule has 0 saturated carbocycles. The van der Waals surface area contributed by atoms with Crippen LogP contribution in [0, 0.1) is 5.92 Å². The summed E-state index contributed by atoms with van der Waals surface area (Å²) in [5.41, 5.74) is 5.94. The lowest BCUT2D eigenvalue weighted by Gasteiger charge is -2.21. The fourth-order valence-electron chi connectivity index (χ4n) is 1.15. The molecule has 0 aromatic rings. The Morgan fingerprint density at radius 3 is 2.38 bits per heavy atom. The highest BCUT2D eigenvalue weighted by atomic mass is 32.2. The van der Waals surface area contributed by atoms with Gasteiger partial charge in [-0.1, -0.05) is 27.2 Å². The Bertz CT molecular complexity index is 119. The SMILES string of the molecule is CCCC(N)C(CO)SCC(C)C. The molecular weight excluding hydrogens is 182 g/mol. The van der Waals surface area contributed by atoms with Crippen molar-refractivity contribution in [2.75, 3.05) is 12.4 Å². The number of aliphatic hydroxyl groups is 1. The first kappa shape index (κ1) is 13.3. The Kier molecular flexibility index (Phi) is 7.81. The van der Waals surface area contributed by atoms with E-state index in [0.717, 1.165) is 18.6 Å². The molecule has 3 heteroatoms. The summed E-state index contributed by atoms with van der Waals surface area (Å²) in [7, 11) is 0. The lowest BCUT2D eigenvalue weighted by Crippen LogP contribution is -2.35. The zero-order valence-electron chi connectivity index (χ0n) is 8.99. The van der Waals surface area contributed by atoms with E-state index < -0.39 is 0 Å². The van der Waals surface area contributed by atoms with Crippen LogP contribution >= 0.6 is 11.8 Å². The van der Waals surface area contributed by atoms with Gasteiger partial charge in [0.25, 0.3) is 0 Å². The maximum Gasteiger partial charge on any atom is 0.0565 e. The second-order valence-corrected chi connectivity index (χ2v) is 5.17. The van der Waals surface area contributed by atoms with E-state index in [0.29, 0.717) is 5.92 Å². The third kappa shape index (κ3) is 6.36. The van der Waals surface area contributed by atoms with Crippen LogP contribution in [0.4, 0.5) is 0 Å². The van der Waals surface area contributed by atoms with E-state index in [1.54, 1.807) is 11.8 Å². The van der Waals surface area contributed by atoms with Gasteiger partial charge in [-0.2, -0.15) is 11.8 Å². The van der Waals surface area contributed by atoms with E-state index >= 15 is 0 Å². The van der Waals surface area contributed by atoms with Crippen LogP contribution in [0.3, 0.4) is 0 Å². The third-order valence-corrected chi connectivity index (χ3v) is 3.71. The molecule has 0 amide bonds. The number of hydrogen-bond acceptors (Lipinski definition) is 3. The molecule has 2 unspecified atom stereocenters. The molecule has 0 aliphatic carbocycles. The summed E-state index contributed by atoms with van der Waals surface area (Å²) < 4.78 is 0. The van der Waals surface area contributed by atoms with Crippen LogP contribution in [0.1, 0.15) is 33.6 Å². The average molecular weight is 205 g/mol. The second kappa shape index (κ2) is 7.65. The first-order valence-electron chi connectivity index (χ1n) is 5.09. The lowest BCUT2D eigenvalue weighted by molar-refractivity contribution is 0.279. The highest BCUT2D eigenvalue weighted by molar-refractivity contribution is 8.00. The Labute approximate surface area is 86.3 Å². The summed E-state index contributed by atoms with van der Waals surface area (Å²) in [5, 5.41) is 9.36. The molecule has 0 saturated heterocycles. The van der Waals surface area contributed by atoms with E-state index in [1.165, 1.54) is 0 Å². The largest absolute Gasteiger partial charge is 0.395 e. The van der Waals surface area contributed by atoms with Gasteiger partial charge in [-0.25, -0.2) is 0 Å². The monoisotopic (exact) mass is 205 g/mol. The third-order valence-electron chi connectivity index (χ3n) is 1.92. The summed E-state index contributed by atoms with van der Waals surface area (Å²) in [6, 6.07) is 0.152. The molecule has 0 rings (SSSR count). The van der Waals surface area contributed by atoms with Crippen molar-refractivity contribution in [3.05, 3.63) is 0 Å². The molecule has 80 valence electrons. The van der Waals surface area contributed by atoms with Crippen molar-refractivity contribution in [1.82, 2.24) is 0 Å². The van der Waals surface area contributed by atoms with Gasteiger partial charge in [-0.3, -0.25) is 0 Å². The second-order valence-electron chi connectivity index (χ2n) is 3.90. The topological polar surface area (TPSA) is 46.2 Å². The van der Waals surface area contributed by atoms with Gasteiger partial charge in [0.15, 0.2) is 0 Å². The van der Waals surface area contributed by atoms with Gasteiger partial charge in [-0.05, 0) is 18.1 Å². The molecule has 2 atom stereocenters. The predicted molar refractivity (Wildman–Crippen MR) is 61.1 cm³/mol. The van der Waals surface area contributed by atoms with Crippen LogP contribution in [-0.4, -0.2) is 28.8 Å². The van der Waals surface area contributed by atoms with E-state index in [2.05, 4.69) is 20.8 Å². The van der Waals surface area contributed by atoms with Crippen LogP contribution in [0.15, 0.2) is 0 Å². The zero-order chi connectivity index (χ0) is 10.3. The number of rotatable bonds is 7. The van der Waals surface area contributed by atoms with Gasteiger partial charge in [0.05, 0.1) is 6.61 Å². The fourth-order valence-corrected chi connectivity index (χ4v) is 2.27. The Morgan fingerprint density at radius 1 is 1.38 bits per heavy atom. The molecule has 0 heterocycles. The lowest BCUT2D eigenvalue weighted by atomic mass is 10.1. The molecule has 13 heavy (non-hydrogen) atoms. The van der Waals surface area contributed by atoms with Crippen LogP contribution in [0.2, 0.25) is 0 Å². The van der Waals surface area contributed by atoms with Gasteiger partial charge < -0.3 is 10.8 Å². The average Bonchev–Trinajstić information content (AvgIpc) is 2.05. The van der Waals surface area contributed by atoms with Crippen LogP contribution in [-0.2, 0) is 0 Å². The van der Waals surface area contributed by atoms with Crippen molar-refractivity contribution in [3.63, 3.8) is 0 Å². The predicted octanol–water partition coefficient (Wildman–Crippen LogP) is 1.86. The first-order valence-corrected chi connectivity index (χ1v) is 6.14. The molecule has 0 bridgehead atoms. The quantitative estimate of drug-likeness (QED) is 0.667. The van der Waals surface area contributed by atoms with Gasteiger partial charge in [0.2, 0.25) is 0 Å². The Morgan fingerprint density at radius 2 is 2.00 bits per heavy atom. The Hall–Kier alpha value is 0.270. The van der Waals surface area contributed by atoms with Crippen molar-refractivity contribution >= 4 is 11.8 Å². The summed E-state index contributed by atoms with van der Waals surface area (Å²) in [4.78, 5) is 0. The van der Waals surface area contributed by atoms with E-state index in [1.807, 2.05) is 0 Å². The number of hydrogen-bond donors (Lipinski definition) is 2. The van der Waals surface area contributed by atoms with Crippen LogP contribution in [0.5, 0.6) is 0 Å². The Balaban J connectivity index is 3.73. The van der Waals surface area contributed by atoms with Crippen LogP contribution < -0.4 is 5.73 Å². The summed E-state index contributed by atoms with van der Waals surface area (Å²) >= 11 is 1.80. The molecule has 0 aromatic carbocycles. The molecule has 0 fully saturated rings.